The fourth-order valence-corrected chi connectivity index (χ4v) is 2.19. The maximum atomic E-state index is 14.1. The van der Waals surface area contributed by atoms with E-state index in [-0.39, 0.29) is 22.5 Å². The van der Waals surface area contributed by atoms with Gasteiger partial charge in [-0.05, 0) is 18.2 Å². The highest BCUT2D eigenvalue weighted by molar-refractivity contribution is 5.74. The summed E-state index contributed by atoms with van der Waals surface area (Å²) in [6.07, 6.45) is -3.77. The van der Waals surface area contributed by atoms with E-state index in [1.807, 2.05) is 0 Å². The molecule has 0 unspecified atom stereocenters. The number of nitrogens with zero attached hydrogens (tertiary/aromatic N) is 6. The minimum Gasteiger partial charge on any atom is -0.290 e. The first-order valence-electron chi connectivity index (χ1n) is 7.02. The van der Waals surface area contributed by atoms with Gasteiger partial charge in [-0.15, -0.1) is 18.3 Å². The quantitative estimate of drug-likeness (QED) is 0.648. The van der Waals surface area contributed by atoms with E-state index < -0.39 is 31.0 Å². The van der Waals surface area contributed by atoms with Crippen LogP contribution in [0, 0.1) is 17.1 Å². The Balaban J connectivity index is 1.96. The lowest BCUT2D eigenvalue weighted by atomic mass is 10.1. The smallest absolute Gasteiger partial charge is 0.290 e. The van der Waals surface area contributed by atoms with Crippen LogP contribution in [0.15, 0.2) is 29.3 Å². The molecule has 0 atom stereocenters. The van der Waals surface area contributed by atoms with E-state index in [9.17, 15) is 22.4 Å². The molecule has 26 heavy (non-hydrogen) atoms. The first-order chi connectivity index (χ1) is 12.3. The molecule has 1 aromatic carbocycles. The zero-order chi connectivity index (χ0) is 18.9. The first-order valence-corrected chi connectivity index (χ1v) is 7.02. The fourth-order valence-electron chi connectivity index (χ4n) is 2.19. The van der Waals surface area contributed by atoms with E-state index >= 15 is 0 Å². The second kappa shape index (κ2) is 6.52. The van der Waals surface area contributed by atoms with Crippen molar-refractivity contribution in [2.24, 2.45) is 0 Å². The van der Waals surface area contributed by atoms with Gasteiger partial charge >= 0.3 is 12.1 Å². The maximum absolute atomic E-state index is 14.1. The van der Waals surface area contributed by atoms with Crippen molar-refractivity contribution in [1.29, 1.82) is 5.26 Å². The normalized spacial score (nSPS) is 11.7. The van der Waals surface area contributed by atoms with Crippen LogP contribution in [-0.2, 0) is 11.3 Å². The number of hydrogen-bond donors (Lipinski definition) is 0. The minimum absolute atomic E-state index is 0.00152. The minimum atomic E-state index is -4.82. The third kappa shape index (κ3) is 3.38. The Morgan fingerprint density at radius 1 is 1.31 bits per heavy atom. The van der Waals surface area contributed by atoms with Gasteiger partial charge in [0.15, 0.2) is 5.65 Å². The Hall–Kier alpha value is -3.33. The predicted molar refractivity (Wildman–Crippen MR) is 77.2 cm³/mol. The molecule has 0 aliphatic carbocycles. The van der Waals surface area contributed by atoms with Gasteiger partial charge in [0.1, 0.15) is 17.8 Å². The van der Waals surface area contributed by atoms with Gasteiger partial charge in [0.2, 0.25) is 0 Å². The summed E-state index contributed by atoms with van der Waals surface area (Å²) in [6.45, 7) is -1.31. The Labute approximate surface area is 141 Å². The first kappa shape index (κ1) is 17.5. The van der Waals surface area contributed by atoms with Gasteiger partial charge in [-0.1, -0.05) is 5.21 Å². The van der Waals surface area contributed by atoms with Crippen LogP contribution < -0.4 is 5.69 Å². The fraction of sp³-hybridized carbons (Fsp3) is 0.214. The van der Waals surface area contributed by atoms with E-state index in [0.717, 1.165) is 16.8 Å². The van der Waals surface area contributed by atoms with Gasteiger partial charge < -0.3 is 0 Å². The Morgan fingerprint density at radius 3 is 2.73 bits per heavy atom. The molecule has 0 bridgehead atoms. The third-order valence-corrected chi connectivity index (χ3v) is 3.34. The molecule has 0 aliphatic rings. The maximum Gasteiger partial charge on any atom is 0.522 e. The summed E-state index contributed by atoms with van der Waals surface area (Å²) >= 11 is 0. The Kier molecular flexibility index (Phi) is 4.39. The standard InChI is InChI=1S/C14H8F4N6O2/c15-10-5-8(6-19)1-2-9(10)11-12-21-22-24(3-4-26-14(16,17)18)13(25)23(12)7-20-11/h1-2,5,7H,3-4H2. The molecule has 0 fully saturated rings. The van der Waals surface area contributed by atoms with Crippen LogP contribution in [0.1, 0.15) is 5.56 Å². The molecule has 3 aromatic rings. The summed E-state index contributed by atoms with van der Waals surface area (Å²) < 4.78 is 55.2. The van der Waals surface area contributed by atoms with Crippen LogP contribution in [0.25, 0.3) is 16.9 Å². The van der Waals surface area contributed by atoms with Gasteiger partial charge in [-0.25, -0.2) is 18.6 Å². The Morgan fingerprint density at radius 2 is 2.08 bits per heavy atom. The second-order valence-electron chi connectivity index (χ2n) is 4.98. The molecular weight excluding hydrogens is 360 g/mol. The predicted octanol–water partition coefficient (Wildman–Crippen LogP) is 1.50. The molecular formula is C14H8F4N6O2. The number of rotatable bonds is 4. The molecule has 3 rings (SSSR count). The van der Waals surface area contributed by atoms with Crippen LogP contribution in [0.2, 0.25) is 0 Å². The summed E-state index contributed by atoms with van der Waals surface area (Å²) in [5.74, 6) is -0.741. The number of halogens is 4. The van der Waals surface area contributed by atoms with E-state index in [4.69, 9.17) is 5.26 Å². The lowest BCUT2D eigenvalue weighted by Gasteiger charge is -2.07. The SMILES string of the molecule is N#Cc1ccc(-c2ncn3c(=O)n(CCOC(F)(F)F)nnc23)c(F)c1. The zero-order valence-electron chi connectivity index (χ0n) is 12.7. The molecule has 134 valence electrons. The van der Waals surface area contributed by atoms with Crippen molar-refractivity contribution in [3.05, 3.63) is 46.4 Å². The summed E-state index contributed by atoms with van der Waals surface area (Å²) in [6, 6.07) is 5.46. The van der Waals surface area contributed by atoms with Gasteiger partial charge in [-0.3, -0.25) is 4.74 Å². The number of imidazole rings is 1. The summed E-state index contributed by atoms with van der Waals surface area (Å²) in [5.41, 5.74) is -0.776. The Bertz CT molecular complexity index is 1070. The van der Waals surface area contributed by atoms with Crippen LogP contribution in [0.4, 0.5) is 17.6 Å². The lowest BCUT2D eigenvalue weighted by molar-refractivity contribution is -0.325. The van der Waals surface area contributed by atoms with E-state index in [2.05, 4.69) is 20.0 Å². The monoisotopic (exact) mass is 368 g/mol. The lowest BCUT2D eigenvalue weighted by Crippen LogP contribution is -2.32. The van der Waals surface area contributed by atoms with E-state index in [1.165, 1.54) is 12.1 Å². The van der Waals surface area contributed by atoms with Crippen molar-refractivity contribution < 1.29 is 22.3 Å². The van der Waals surface area contributed by atoms with Gasteiger partial charge in [0, 0.05) is 5.56 Å². The molecule has 0 aliphatic heterocycles. The largest absolute Gasteiger partial charge is 0.522 e. The third-order valence-electron chi connectivity index (χ3n) is 3.34. The van der Waals surface area contributed by atoms with Crippen molar-refractivity contribution in [1.82, 2.24) is 24.4 Å². The molecule has 0 spiro atoms. The van der Waals surface area contributed by atoms with Crippen molar-refractivity contribution in [3.63, 3.8) is 0 Å². The molecule has 8 nitrogen and oxygen atoms in total. The van der Waals surface area contributed by atoms with Crippen LogP contribution in [0.3, 0.4) is 0 Å². The molecule has 0 saturated carbocycles. The molecule has 0 saturated heterocycles. The number of hydrogen-bond acceptors (Lipinski definition) is 6. The topological polar surface area (TPSA) is 98.1 Å². The number of fused-ring (bicyclic) bond motifs is 1. The highest BCUT2D eigenvalue weighted by atomic mass is 19.4. The molecule has 0 amide bonds. The number of alkyl halides is 3. The molecule has 2 heterocycles. The van der Waals surface area contributed by atoms with Crippen molar-refractivity contribution in [3.8, 4) is 17.3 Å². The number of nitriles is 1. The number of aromatic nitrogens is 5. The number of ether oxygens (including phenoxy) is 1. The summed E-state index contributed by atoms with van der Waals surface area (Å²) in [4.78, 5) is 16.1. The molecule has 12 heteroatoms. The molecule has 2 aromatic heterocycles. The molecule has 0 radical (unpaired) electrons. The van der Waals surface area contributed by atoms with Crippen LogP contribution in [0.5, 0.6) is 0 Å². The number of benzene rings is 1. The summed E-state index contributed by atoms with van der Waals surface area (Å²) in [7, 11) is 0. The highest BCUT2D eigenvalue weighted by Crippen LogP contribution is 2.24. The van der Waals surface area contributed by atoms with Crippen molar-refractivity contribution >= 4 is 5.65 Å². The molecule has 0 N–H and O–H groups in total. The van der Waals surface area contributed by atoms with Crippen LogP contribution in [-0.4, -0.2) is 37.3 Å². The van der Waals surface area contributed by atoms with E-state index in [1.54, 1.807) is 6.07 Å². The van der Waals surface area contributed by atoms with Crippen molar-refractivity contribution in [2.75, 3.05) is 6.61 Å². The van der Waals surface area contributed by atoms with Gasteiger partial charge in [-0.2, -0.15) is 9.94 Å². The summed E-state index contributed by atoms with van der Waals surface area (Å²) in [5, 5.41) is 16.0. The zero-order valence-corrected chi connectivity index (χ0v) is 12.7. The average molecular weight is 368 g/mol. The van der Waals surface area contributed by atoms with E-state index in [0.29, 0.717) is 4.68 Å². The van der Waals surface area contributed by atoms with Gasteiger partial charge in [0.25, 0.3) is 0 Å². The highest BCUT2D eigenvalue weighted by Gasteiger charge is 2.28. The van der Waals surface area contributed by atoms with Gasteiger partial charge in [0.05, 0.1) is 24.8 Å². The average Bonchev–Trinajstić information content (AvgIpc) is 3.00. The van der Waals surface area contributed by atoms with Crippen molar-refractivity contribution in [2.45, 2.75) is 12.9 Å². The second-order valence-corrected chi connectivity index (χ2v) is 4.98. The van der Waals surface area contributed by atoms with Crippen LogP contribution >= 0.6 is 0 Å².